The fourth-order valence-electron chi connectivity index (χ4n) is 2.04. The zero-order valence-corrected chi connectivity index (χ0v) is 13.3. The van der Waals surface area contributed by atoms with Gasteiger partial charge in [-0.05, 0) is 38.1 Å². The molecule has 1 aromatic carbocycles. The van der Waals surface area contributed by atoms with E-state index in [9.17, 15) is 8.42 Å². The molecule has 1 aromatic heterocycles. The predicted molar refractivity (Wildman–Crippen MR) is 81.5 cm³/mol. The first-order valence-corrected chi connectivity index (χ1v) is 8.02. The molecule has 0 unspecified atom stereocenters. The number of hydrogen-bond donors (Lipinski definition) is 1. The number of nitrogens with zero attached hydrogens (tertiary/aromatic N) is 4. The van der Waals surface area contributed by atoms with Gasteiger partial charge >= 0.3 is 0 Å². The van der Waals surface area contributed by atoms with Crippen LogP contribution >= 0.6 is 0 Å². The van der Waals surface area contributed by atoms with E-state index in [-0.39, 0.29) is 11.2 Å². The van der Waals surface area contributed by atoms with Crippen molar-refractivity contribution in [1.29, 1.82) is 0 Å². The van der Waals surface area contributed by atoms with Gasteiger partial charge < -0.3 is 4.90 Å². The van der Waals surface area contributed by atoms with Crippen LogP contribution in [0.2, 0.25) is 0 Å². The number of anilines is 1. The molecule has 8 heteroatoms. The third-order valence-electron chi connectivity index (χ3n) is 3.08. The smallest absolute Gasteiger partial charge is 0.273 e. The van der Waals surface area contributed by atoms with Crippen molar-refractivity contribution < 1.29 is 8.42 Å². The van der Waals surface area contributed by atoms with E-state index >= 15 is 0 Å². The Bertz CT molecular complexity index is 732. The van der Waals surface area contributed by atoms with Gasteiger partial charge in [-0.2, -0.15) is 0 Å². The van der Waals surface area contributed by atoms with Gasteiger partial charge in [0, 0.05) is 31.4 Å². The van der Waals surface area contributed by atoms with E-state index in [0.29, 0.717) is 5.82 Å². The molecule has 0 aliphatic carbocycles. The minimum absolute atomic E-state index is 0.128. The van der Waals surface area contributed by atoms with Gasteiger partial charge in [0.05, 0.1) is 0 Å². The molecule has 0 bridgehead atoms. The first-order chi connectivity index (χ1) is 9.71. The number of primary sulfonamides is 1. The Morgan fingerprint density at radius 1 is 1.14 bits per heavy atom. The van der Waals surface area contributed by atoms with Crippen molar-refractivity contribution in [3.05, 3.63) is 24.3 Å². The quantitative estimate of drug-likeness (QED) is 0.917. The maximum absolute atomic E-state index is 11.6. The molecule has 21 heavy (non-hydrogen) atoms. The second kappa shape index (κ2) is 5.45. The number of hydrogen-bond acceptors (Lipinski definition) is 5. The van der Waals surface area contributed by atoms with Crippen molar-refractivity contribution in [2.24, 2.45) is 5.14 Å². The van der Waals surface area contributed by atoms with Gasteiger partial charge in [-0.1, -0.05) is 0 Å². The Hall–Kier alpha value is -1.93. The van der Waals surface area contributed by atoms with Gasteiger partial charge in [0.1, 0.15) is 0 Å². The third kappa shape index (κ3) is 3.06. The lowest BCUT2D eigenvalue weighted by atomic mass is 10.2. The Morgan fingerprint density at radius 3 is 2.14 bits per heavy atom. The van der Waals surface area contributed by atoms with Crippen molar-refractivity contribution in [3.63, 3.8) is 0 Å². The number of aromatic nitrogens is 3. The molecule has 0 fully saturated rings. The van der Waals surface area contributed by atoms with Crippen molar-refractivity contribution in [2.75, 3.05) is 19.0 Å². The molecule has 114 valence electrons. The summed E-state index contributed by atoms with van der Waals surface area (Å²) in [5.74, 6) is 0.485. The molecule has 0 saturated carbocycles. The summed E-state index contributed by atoms with van der Waals surface area (Å²) < 4.78 is 24.7. The first-order valence-electron chi connectivity index (χ1n) is 6.47. The van der Waals surface area contributed by atoms with E-state index in [1.807, 2.05) is 57.1 Å². The van der Waals surface area contributed by atoms with E-state index in [4.69, 9.17) is 5.14 Å². The second-order valence-electron chi connectivity index (χ2n) is 5.26. The highest BCUT2D eigenvalue weighted by molar-refractivity contribution is 7.89. The zero-order chi connectivity index (χ0) is 15.8. The fraction of sp³-hybridized carbons (Fsp3) is 0.385. The van der Waals surface area contributed by atoms with E-state index in [1.54, 1.807) is 0 Å². The van der Waals surface area contributed by atoms with E-state index in [2.05, 4.69) is 10.2 Å². The van der Waals surface area contributed by atoms with Crippen molar-refractivity contribution in [2.45, 2.75) is 25.0 Å². The van der Waals surface area contributed by atoms with Crippen LogP contribution in [0, 0.1) is 0 Å². The largest absolute Gasteiger partial charge is 0.378 e. The van der Waals surface area contributed by atoms with Gasteiger partial charge in [-0.15, -0.1) is 10.2 Å². The molecule has 1 heterocycles. The summed E-state index contributed by atoms with van der Waals surface area (Å²) in [5, 5.41) is 12.7. The number of sulfonamides is 1. The molecule has 0 atom stereocenters. The Labute approximate surface area is 124 Å². The second-order valence-corrected chi connectivity index (χ2v) is 6.71. The monoisotopic (exact) mass is 309 g/mol. The topological polar surface area (TPSA) is 94.1 Å². The van der Waals surface area contributed by atoms with E-state index < -0.39 is 10.0 Å². The van der Waals surface area contributed by atoms with Crippen LogP contribution in [0.4, 0.5) is 5.69 Å². The first kappa shape index (κ1) is 15.5. The van der Waals surface area contributed by atoms with Gasteiger partial charge in [0.2, 0.25) is 0 Å². The standard InChI is InChI=1S/C13H19N5O2S/c1-9(2)18-12(15-16-13(18)21(14,19)20)10-5-7-11(8-6-10)17(3)4/h5-9H,1-4H3,(H2,14,19,20). The van der Waals surface area contributed by atoms with Crippen LogP contribution in [0.1, 0.15) is 19.9 Å². The van der Waals surface area contributed by atoms with E-state index in [0.717, 1.165) is 11.3 Å². The molecule has 0 aliphatic heterocycles. The highest BCUT2D eigenvalue weighted by Crippen LogP contribution is 2.25. The lowest BCUT2D eigenvalue weighted by Crippen LogP contribution is -2.20. The zero-order valence-electron chi connectivity index (χ0n) is 12.5. The maximum atomic E-state index is 11.6. The van der Waals surface area contributed by atoms with Gasteiger partial charge in [0.25, 0.3) is 15.2 Å². The van der Waals surface area contributed by atoms with Crippen LogP contribution in [0.5, 0.6) is 0 Å². The molecular weight excluding hydrogens is 290 g/mol. The molecule has 0 aliphatic rings. The summed E-state index contributed by atoms with van der Waals surface area (Å²) in [5.41, 5.74) is 1.83. The molecule has 2 aromatic rings. The summed E-state index contributed by atoms with van der Waals surface area (Å²) in [6.07, 6.45) is 0. The minimum Gasteiger partial charge on any atom is -0.378 e. The Kier molecular flexibility index (Phi) is 4.02. The highest BCUT2D eigenvalue weighted by Gasteiger charge is 2.23. The normalized spacial score (nSPS) is 11.9. The molecule has 0 saturated heterocycles. The molecule has 0 radical (unpaired) electrons. The molecule has 2 N–H and O–H groups in total. The Morgan fingerprint density at radius 2 is 1.71 bits per heavy atom. The van der Waals surface area contributed by atoms with E-state index in [1.165, 1.54) is 4.57 Å². The third-order valence-corrected chi connectivity index (χ3v) is 3.86. The number of benzene rings is 1. The summed E-state index contributed by atoms with van der Waals surface area (Å²) in [7, 11) is -0.00787. The summed E-state index contributed by atoms with van der Waals surface area (Å²) >= 11 is 0. The van der Waals surface area contributed by atoms with Gasteiger partial charge in [0.15, 0.2) is 5.82 Å². The average molecular weight is 309 g/mol. The van der Waals surface area contributed by atoms with Crippen LogP contribution in [-0.2, 0) is 10.0 Å². The van der Waals surface area contributed by atoms with Crippen molar-refractivity contribution in [1.82, 2.24) is 14.8 Å². The lowest BCUT2D eigenvalue weighted by Gasteiger charge is -2.15. The average Bonchev–Trinajstić information content (AvgIpc) is 2.83. The predicted octanol–water partition coefficient (Wildman–Crippen LogP) is 1.24. The number of rotatable bonds is 4. The fourth-order valence-corrected chi connectivity index (χ4v) is 2.77. The lowest BCUT2D eigenvalue weighted by molar-refractivity contribution is 0.524. The van der Waals surface area contributed by atoms with Crippen LogP contribution < -0.4 is 10.0 Å². The minimum atomic E-state index is -3.91. The van der Waals surface area contributed by atoms with Crippen molar-refractivity contribution >= 4 is 15.7 Å². The summed E-state index contributed by atoms with van der Waals surface area (Å²) in [6.45, 7) is 3.71. The maximum Gasteiger partial charge on any atom is 0.273 e. The van der Waals surface area contributed by atoms with Crippen LogP contribution in [0.3, 0.4) is 0 Å². The highest BCUT2D eigenvalue weighted by atomic mass is 32.2. The summed E-state index contributed by atoms with van der Waals surface area (Å²) in [4.78, 5) is 1.98. The van der Waals surface area contributed by atoms with Crippen LogP contribution in [0.25, 0.3) is 11.4 Å². The van der Waals surface area contributed by atoms with Crippen molar-refractivity contribution in [3.8, 4) is 11.4 Å². The molecule has 0 spiro atoms. The molecule has 7 nitrogen and oxygen atoms in total. The summed E-state index contributed by atoms with van der Waals surface area (Å²) in [6, 6.07) is 7.50. The SMILES string of the molecule is CC(C)n1c(-c2ccc(N(C)C)cc2)nnc1S(N)(=O)=O. The Balaban J connectivity index is 2.57. The van der Waals surface area contributed by atoms with Gasteiger partial charge in [-0.3, -0.25) is 4.57 Å². The molecule has 2 rings (SSSR count). The molecular formula is C13H19N5O2S. The van der Waals surface area contributed by atoms with Gasteiger partial charge in [-0.25, -0.2) is 13.6 Å². The van der Waals surface area contributed by atoms with Crippen LogP contribution in [-0.4, -0.2) is 37.3 Å². The molecule has 0 amide bonds. The number of nitrogens with two attached hydrogens (primary N) is 1. The van der Waals surface area contributed by atoms with Crippen LogP contribution in [0.15, 0.2) is 29.4 Å².